The van der Waals surface area contributed by atoms with E-state index in [1.165, 1.54) is 44.6 Å². The molecule has 0 heterocycles. The van der Waals surface area contributed by atoms with Crippen LogP contribution in [0.1, 0.15) is 47.6 Å². The zero-order valence-corrected chi connectivity index (χ0v) is 16.8. The minimum atomic E-state index is 0.536. The highest BCUT2D eigenvalue weighted by Gasteiger charge is 2.14. The van der Waals surface area contributed by atoms with Gasteiger partial charge in [0.2, 0.25) is 0 Å². The van der Waals surface area contributed by atoms with E-state index in [0.29, 0.717) is 5.92 Å². The molecule has 1 heteroatoms. The highest BCUT2D eigenvalue weighted by atomic mass is 15.1. The molecule has 0 atom stereocenters. The van der Waals surface area contributed by atoms with Crippen molar-refractivity contribution < 1.29 is 0 Å². The molecule has 0 radical (unpaired) electrons. The number of hydrogen-bond donors (Lipinski definition) is 0. The van der Waals surface area contributed by atoms with Crippen LogP contribution >= 0.6 is 0 Å². The monoisotopic (exact) mass is 343 g/mol. The van der Waals surface area contributed by atoms with Crippen LogP contribution in [-0.2, 0) is 0 Å². The van der Waals surface area contributed by atoms with Crippen molar-refractivity contribution in [2.45, 2.75) is 33.6 Å². The Hall–Kier alpha value is -2.54. The molecule has 0 saturated carbocycles. The summed E-state index contributed by atoms with van der Waals surface area (Å²) in [4.78, 5) is 2.12. The summed E-state index contributed by atoms with van der Waals surface area (Å²) in [5, 5.41) is 0. The van der Waals surface area contributed by atoms with E-state index in [1.54, 1.807) is 0 Å². The maximum atomic E-state index is 2.37. The summed E-state index contributed by atoms with van der Waals surface area (Å²) >= 11 is 0. The molecule has 0 spiro atoms. The van der Waals surface area contributed by atoms with Crippen molar-refractivity contribution in [1.82, 2.24) is 0 Å². The maximum Gasteiger partial charge on any atom is 0.0361 e. The van der Waals surface area contributed by atoms with Crippen LogP contribution in [-0.4, -0.2) is 14.1 Å². The lowest BCUT2D eigenvalue weighted by atomic mass is 10.0. The SMILES string of the molecule is Cc1cc(/C=C/c2ccc(N(C)C)cc2)c2c(C)ccc(C(C)C)cc1-2. The summed E-state index contributed by atoms with van der Waals surface area (Å²) < 4.78 is 0. The Bertz CT molecular complexity index is 898. The van der Waals surface area contributed by atoms with Gasteiger partial charge in [-0.05, 0) is 70.8 Å². The molecule has 1 nitrogen and oxygen atoms in total. The Morgan fingerprint density at radius 1 is 0.808 bits per heavy atom. The number of hydrogen-bond acceptors (Lipinski definition) is 1. The van der Waals surface area contributed by atoms with E-state index in [1.807, 2.05) is 0 Å². The van der Waals surface area contributed by atoms with Gasteiger partial charge in [-0.1, -0.05) is 62.4 Å². The third-order valence-electron chi connectivity index (χ3n) is 5.12. The third kappa shape index (κ3) is 3.67. The van der Waals surface area contributed by atoms with Crippen molar-refractivity contribution in [1.29, 1.82) is 0 Å². The van der Waals surface area contributed by atoms with Crippen LogP contribution in [0.3, 0.4) is 0 Å². The number of aryl methyl sites for hydroxylation is 2. The van der Waals surface area contributed by atoms with E-state index >= 15 is 0 Å². The zero-order valence-electron chi connectivity index (χ0n) is 16.8. The van der Waals surface area contributed by atoms with Crippen molar-refractivity contribution in [3.8, 4) is 11.1 Å². The van der Waals surface area contributed by atoms with Gasteiger partial charge in [0.05, 0.1) is 0 Å². The predicted molar refractivity (Wildman–Crippen MR) is 116 cm³/mol. The van der Waals surface area contributed by atoms with E-state index in [9.17, 15) is 0 Å². The Morgan fingerprint density at radius 3 is 2.12 bits per heavy atom. The summed E-state index contributed by atoms with van der Waals surface area (Å²) in [5.41, 5.74) is 10.6. The van der Waals surface area contributed by atoms with Crippen molar-refractivity contribution in [3.05, 3.63) is 76.3 Å². The molecule has 0 fully saturated rings. The van der Waals surface area contributed by atoms with Gasteiger partial charge in [-0.3, -0.25) is 0 Å². The minimum Gasteiger partial charge on any atom is -0.378 e. The standard InChI is InChI=1S/C25H29N/c1-17(2)21-11-7-18(3)25-22(15-19(4)24(25)16-21)12-8-20-9-13-23(14-10-20)26(5)6/h7-17H,1-6H3/b12-8+. The Balaban J connectivity index is 1.99. The smallest absolute Gasteiger partial charge is 0.0361 e. The first-order valence-electron chi connectivity index (χ1n) is 9.36. The van der Waals surface area contributed by atoms with Crippen LogP contribution in [0.2, 0.25) is 0 Å². The molecule has 0 saturated heterocycles. The highest BCUT2D eigenvalue weighted by molar-refractivity contribution is 5.87. The average Bonchev–Trinajstić information content (AvgIpc) is 2.79. The van der Waals surface area contributed by atoms with Crippen molar-refractivity contribution >= 4 is 17.8 Å². The molecule has 0 unspecified atom stereocenters. The van der Waals surface area contributed by atoms with Crippen LogP contribution in [0, 0.1) is 13.8 Å². The average molecular weight is 344 g/mol. The minimum absolute atomic E-state index is 0.536. The van der Waals surface area contributed by atoms with Crippen LogP contribution in [0.15, 0.2) is 48.5 Å². The Labute approximate surface area is 158 Å². The molecule has 0 bridgehead atoms. The topological polar surface area (TPSA) is 3.24 Å². The quantitative estimate of drug-likeness (QED) is 0.505. The fraction of sp³-hybridized carbons (Fsp3) is 0.280. The van der Waals surface area contributed by atoms with Gasteiger partial charge in [0.15, 0.2) is 0 Å². The second kappa shape index (κ2) is 7.37. The van der Waals surface area contributed by atoms with E-state index in [4.69, 9.17) is 0 Å². The first-order chi connectivity index (χ1) is 12.4. The molecule has 0 N–H and O–H groups in total. The number of anilines is 1. The van der Waals surface area contributed by atoms with E-state index in [-0.39, 0.29) is 0 Å². The second-order valence-electron chi connectivity index (χ2n) is 7.71. The fourth-order valence-electron chi connectivity index (χ4n) is 3.44. The molecular formula is C25H29N. The van der Waals surface area contributed by atoms with Crippen LogP contribution < -0.4 is 4.90 Å². The normalized spacial score (nSPS) is 11.7. The number of fused-ring (bicyclic) bond motifs is 1. The predicted octanol–water partition coefficient (Wildman–Crippen LogP) is 6.77. The molecule has 134 valence electrons. The van der Waals surface area contributed by atoms with Gasteiger partial charge < -0.3 is 4.90 Å². The Kier molecular flexibility index (Phi) is 5.18. The summed E-state index contributed by atoms with van der Waals surface area (Å²) in [7, 11) is 4.13. The summed E-state index contributed by atoms with van der Waals surface area (Å²) in [6.45, 7) is 8.95. The molecule has 3 rings (SSSR count). The lowest BCUT2D eigenvalue weighted by molar-refractivity contribution is 0.868. The molecule has 1 aromatic carbocycles. The van der Waals surface area contributed by atoms with Crippen molar-refractivity contribution in [2.24, 2.45) is 0 Å². The molecule has 0 amide bonds. The number of nitrogens with zero attached hydrogens (tertiary/aromatic N) is 1. The van der Waals surface area contributed by atoms with Gasteiger partial charge >= 0.3 is 0 Å². The van der Waals surface area contributed by atoms with Crippen LogP contribution in [0.4, 0.5) is 5.69 Å². The first-order valence-corrected chi connectivity index (χ1v) is 9.36. The van der Waals surface area contributed by atoms with E-state index in [2.05, 4.69) is 107 Å². The first kappa shape index (κ1) is 18.3. The molecule has 2 aliphatic carbocycles. The van der Waals surface area contributed by atoms with Gasteiger partial charge in [-0.15, -0.1) is 0 Å². The van der Waals surface area contributed by atoms with Gasteiger partial charge in [0.1, 0.15) is 0 Å². The van der Waals surface area contributed by atoms with Gasteiger partial charge in [-0.25, -0.2) is 0 Å². The Morgan fingerprint density at radius 2 is 1.50 bits per heavy atom. The second-order valence-corrected chi connectivity index (χ2v) is 7.71. The lowest BCUT2D eigenvalue weighted by Gasteiger charge is -2.11. The third-order valence-corrected chi connectivity index (χ3v) is 5.12. The molecule has 26 heavy (non-hydrogen) atoms. The lowest BCUT2D eigenvalue weighted by Crippen LogP contribution is -2.07. The molecule has 2 aliphatic rings. The largest absolute Gasteiger partial charge is 0.378 e. The van der Waals surface area contributed by atoms with Gasteiger partial charge in [-0.2, -0.15) is 0 Å². The van der Waals surface area contributed by atoms with E-state index < -0.39 is 0 Å². The summed E-state index contributed by atoms with van der Waals surface area (Å²) in [6.07, 6.45) is 4.46. The highest BCUT2D eigenvalue weighted by Crippen LogP contribution is 2.37. The van der Waals surface area contributed by atoms with Crippen LogP contribution in [0.25, 0.3) is 23.3 Å². The van der Waals surface area contributed by atoms with Gasteiger partial charge in [0.25, 0.3) is 0 Å². The van der Waals surface area contributed by atoms with E-state index in [0.717, 1.165) is 0 Å². The van der Waals surface area contributed by atoms with Gasteiger partial charge in [0, 0.05) is 19.8 Å². The molecule has 0 aromatic heterocycles. The molecule has 0 aliphatic heterocycles. The number of benzene rings is 1. The van der Waals surface area contributed by atoms with Crippen LogP contribution in [0.5, 0.6) is 0 Å². The van der Waals surface area contributed by atoms with Crippen molar-refractivity contribution in [2.75, 3.05) is 19.0 Å². The molecular weight excluding hydrogens is 314 g/mol. The zero-order chi connectivity index (χ0) is 18.8. The maximum absolute atomic E-state index is 2.37. The summed E-state index contributed by atoms with van der Waals surface area (Å²) in [6, 6.07) is 17.9. The summed E-state index contributed by atoms with van der Waals surface area (Å²) in [5.74, 6) is 0.536. The van der Waals surface area contributed by atoms with Crippen molar-refractivity contribution in [3.63, 3.8) is 0 Å². The number of rotatable bonds is 4. The molecule has 1 aromatic rings. The fourth-order valence-corrected chi connectivity index (χ4v) is 3.44.